The van der Waals surface area contributed by atoms with Crippen molar-refractivity contribution in [1.82, 2.24) is 19.5 Å². The first-order valence-corrected chi connectivity index (χ1v) is 8.36. The summed E-state index contributed by atoms with van der Waals surface area (Å²) in [5.74, 6) is -0.0616. The molecular formula is C21H15FN4O. The quantitative estimate of drug-likeness (QED) is 0.559. The Balaban J connectivity index is 2.00. The third-order valence-electron chi connectivity index (χ3n) is 4.20. The maximum Gasteiger partial charge on any atom is 0.266 e. The molecular weight excluding hydrogens is 343 g/mol. The van der Waals surface area contributed by atoms with Crippen molar-refractivity contribution in [2.75, 3.05) is 0 Å². The fourth-order valence-electron chi connectivity index (χ4n) is 2.84. The highest BCUT2D eigenvalue weighted by molar-refractivity contribution is 5.80. The number of aromatic nitrogens is 4. The van der Waals surface area contributed by atoms with Crippen molar-refractivity contribution in [2.45, 2.75) is 6.92 Å². The number of halogens is 1. The van der Waals surface area contributed by atoms with Gasteiger partial charge in [-0.25, -0.2) is 9.37 Å². The minimum absolute atomic E-state index is 0.216. The van der Waals surface area contributed by atoms with Gasteiger partial charge >= 0.3 is 0 Å². The third-order valence-corrected chi connectivity index (χ3v) is 4.20. The molecule has 3 heterocycles. The minimum atomic E-state index is -0.479. The highest BCUT2D eigenvalue weighted by atomic mass is 19.1. The first kappa shape index (κ1) is 16.8. The molecule has 0 aliphatic heterocycles. The third kappa shape index (κ3) is 3.25. The van der Waals surface area contributed by atoms with E-state index in [0.717, 1.165) is 11.3 Å². The van der Waals surface area contributed by atoms with Gasteiger partial charge in [0.2, 0.25) is 0 Å². The summed E-state index contributed by atoms with van der Waals surface area (Å²) in [5.41, 5.74) is 2.27. The number of hydrogen-bond acceptors (Lipinski definition) is 4. The van der Waals surface area contributed by atoms with Crippen LogP contribution < -0.4 is 5.56 Å². The smallest absolute Gasteiger partial charge is 0.266 e. The molecule has 0 unspecified atom stereocenters. The second kappa shape index (κ2) is 6.92. The van der Waals surface area contributed by atoms with Gasteiger partial charge in [-0.15, -0.1) is 0 Å². The van der Waals surface area contributed by atoms with Crippen LogP contribution in [0.1, 0.15) is 17.1 Å². The molecule has 0 aliphatic rings. The van der Waals surface area contributed by atoms with E-state index in [1.807, 2.05) is 31.2 Å². The summed E-state index contributed by atoms with van der Waals surface area (Å²) in [7, 11) is 0. The van der Waals surface area contributed by atoms with E-state index in [1.165, 1.54) is 22.8 Å². The van der Waals surface area contributed by atoms with Crippen LogP contribution in [0, 0.1) is 12.7 Å². The second-order valence-corrected chi connectivity index (χ2v) is 6.02. The van der Waals surface area contributed by atoms with Gasteiger partial charge in [0.1, 0.15) is 11.6 Å². The Hall–Kier alpha value is -3.67. The zero-order chi connectivity index (χ0) is 18.8. The Kier molecular flexibility index (Phi) is 4.30. The molecule has 0 saturated heterocycles. The van der Waals surface area contributed by atoms with Crippen molar-refractivity contribution in [3.8, 4) is 5.69 Å². The molecule has 0 bridgehead atoms. The number of hydrogen-bond donors (Lipinski definition) is 0. The van der Waals surface area contributed by atoms with Crippen molar-refractivity contribution >= 4 is 23.1 Å². The van der Waals surface area contributed by atoms with E-state index >= 15 is 0 Å². The summed E-state index contributed by atoms with van der Waals surface area (Å²) in [6, 6.07) is 11.4. The van der Waals surface area contributed by atoms with Crippen LogP contribution in [0.15, 0.2) is 65.8 Å². The summed E-state index contributed by atoms with van der Waals surface area (Å²) in [6.07, 6.45) is 8.44. The van der Waals surface area contributed by atoms with Gasteiger partial charge in [-0.3, -0.25) is 19.3 Å². The maximum absolute atomic E-state index is 13.7. The largest absolute Gasteiger partial charge is 0.268 e. The van der Waals surface area contributed by atoms with Crippen LogP contribution in [0.5, 0.6) is 0 Å². The highest BCUT2D eigenvalue weighted by Gasteiger charge is 2.13. The van der Waals surface area contributed by atoms with Gasteiger partial charge in [-0.05, 0) is 61.0 Å². The van der Waals surface area contributed by atoms with Crippen molar-refractivity contribution in [2.24, 2.45) is 0 Å². The monoisotopic (exact) mass is 358 g/mol. The van der Waals surface area contributed by atoms with Crippen molar-refractivity contribution in [1.29, 1.82) is 0 Å². The van der Waals surface area contributed by atoms with E-state index in [9.17, 15) is 9.18 Å². The normalized spacial score (nSPS) is 11.3. The Labute approximate surface area is 154 Å². The standard InChI is InChI=1S/C21H15FN4O/c1-14-9-11-23-13-19(14)26-20(8-6-16-4-2-3-10-24-16)25-18-7-5-15(22)12-17(18)21(26)27/h2-13H,1H3. The first-order chi connectivity index (χ1) is 13.1. The zero-order valence-corrected chi connectivity index (χ0v) is 14.5. The maximum atomic E-state index is 13.7. The van der Waals surface area contributed by atoms with Crippen LogP contribution in [-0.2, 0) is 0 Å². The van der Waals surface area contributed by atoms with E-state index in [0.29, 0.717) is 17.0 Å². The number of rotatable bonds is 3. The molecule has 0 amide bonds. The number of benzene rings is 1. The molecule has 0 aliphatic carbocycles. The Morgan fingerprint density at radius 2 is 1.96 bits per heavy atom. The van der Waals surface area contributed by atoms with E-state index < -0.39 is 5.82 Å². The Morgan fingerprint density at radius 1 is 1.07 bits per heavy atom. The molecule has 27 heavy (non-hydrogen) atoms. The first-order valence-electron chi connectivity index (χ1n) is 8.36. The number of nitrogens with zero attached hydrogens (tertiary/aromatic N) is 4. The lowest BCUT2D eigenvalue weighted by Crippen LogP contribution is -2.23. The average molecular weight is 358 g/mol. The van der Waals surface area contributed by atoms with Crippen LogP contribution >= 0.6 is 0 Å². The predicted molar refractivity (Wildman–Crippen MR) is 103 cm³/mol. The molecule has 132 valence electrons. The molecule has 0 atom stereocenters. The lowest BCUT2D eigenvalue weighted by atomic mass is 10.2. The lowest BCUT2D eigenvalue weighted by molar-refractivity contribution is 0.629. The van der Waals surface area contributed by atoms with Gasteiger partial charge in [-0.1, -0.05) is 6.07 Å². The number of aryl methyl sites for hydroxylation is 1. The molecule has 6 heteroatoms. The molecule has 0 radical (unpaired) electrons. The minimum Gasteiger partial charge on any atom is -0.268 e. The average Bonchev–Trinajstić information content (AvgIpc) is 2.69. The molecule has 5 nitrogen and oxygen atoms in total. The van der Waals surface area contributed by atoms with Gasteiger partial charge < -0.3 is 0 Å². The number of fused-ring (bicyclic) bond motifs is 1. The van der Waals surface area contributed by atoms with Crippen LogP contribution in [0.4, 0.5) is 4.39 Å². The summed E-state index contributed by atoms with van der Waals surface area (Å²) < 4.78 is 15.1. The molecule has 0 saturated carbocycles. The molecule has 0 fully saturated rings. The van der Waals surface area contributed by atoms with E-state index in [1.54, 1.807) is 30.7 Å². The zero-order valence-electron chi connectivity index (χ0n) is 14.5. The van der Waals surface area contributed by atoms with E-state index in [-0.39, 0.29) is 10.9 Å². The fraction of sp³-hybridized carbons (Fsp3) is 0.0476. The van der Waals surface area contributed by atoms with Crippen LogP contribution in [0.25, 0.3) is 28.7 Å². The number of pyridine rings is 2. The van der Waals surface area contributed by atoms with E-state index in [2.05, 4.69) is 15.0 Å². The van der Waals surface area contributed by atoms with Crippen molar-refractivity contribution in [3.63, 3.8) is 0 Å². The molecule has 0 N–H and O–H groups in total. The van der Waals surface area contributed by atoms with Crippen LogP contribution in [0.3, 0.4) is 0 Å². The fourth-order valence-corrected chi connectivity index (χ4v) is 2.84. The van der Waals surface area contributed by atoms with Gasteiger partial charge in [0.25, 0.3) is 5.56 Å². The molecule has 1 aromatic carbocycles. The van der Waals surface area contributed by atoms with Crippen LogP contribution in [-0.4, -0.2) is 19.5 Å². The van der Waals surface area contributed by atoms with Crippen molar-refractivity contribution in [3.05, 3.63) is 94.3 Å². The SMILES string of the molecule is Cc1ccncc1-n1c(C=Cc2ccccn2)nc2ccc(F)cc2c1=O. The second-order valence-electron chi connectivity index (χ2n) is 6.02. The molecule has 3 aromatic heterocycles. The molecule has 4 rings (SSSR count). The van der Waals surface area contributed by atoms with Crippen LogP contribution in [0.2, 0.25) is 0 Å². The van der Waals surface area contributed by atoms with Gasteiger partial charge in [0.05, 0.1) is 28.5 Å². The van der Waals surface area contributed by atoms with Gasteiger partial charge in [0, 0.05) is 12.4 Å². The highest BCUT2D eigenvalue weighted by Crippen LogP contribution is 2.17. The Morgan fingerprint density at radius 3 is 2.74 bits per heavy atom. The van der Waals surface area contributed by atoms with Gasteiger partial charge in [-0.2, -0.15) is 0 Å². The topological polar surface area (TPSA) is 60.7 Å². The van der Waals surface area contributed by atoms with E-state index in [4.69, 9.17) is 0 Å². The Bertz CT molecular complexity index is 1220. The van der Waals surface area contributed by atoms with Gasteiger partial charge in [0.15, 0.2) is 0 Å². The summed E-state index contributed by atoms with van der Waals surface area (Å²) >= 11 is 0. The summed E-state index contributed by atoms with van der Waals surface area (Å²) in [6.45, 7) is 1.88. The summed E-state index contributed by atoms with van der Waals surface area (Å²) in [4.78, 5) is 26.1. The predicted octanol–water partition coefficient (Wildman–Crippen LogP) is 3.79. The lowest BCUT2D eigenvalue weighted by Gasteiger charge is -2.13. The summed E-state index contributed by atoms with van der Waals surface area (Å²) in [5, 5.41) is 0.216. The molecule has 4 aromatic rings. The molecule has 0 spiro atoms. The van der Waals surface area contributed by atoms with Crippen molar-refractivity contribution < 1.29 is 4.39 Å².